The Morgan fingerprint density at radius 1 is 1.13 bits per heavy atom. The van der Waals surface area contributed by atoms with Crippen molar-refractivity contribution in [1.82, 2.24) is 0 Å². The molecule has 0 aromatic heterocycles. The molecule has 0 aliphatic carbocycles. The maximum absolute atomic E-state index is 5.33. The minimum Gasteiger partial charge on any atom is -0.359 e. The predicted molar refractivity (Wildman–Crippen MR) is 64.8 cm³/mol. The first-order chi connectivity index (χ1) is 7.29. The summed E-state index contributed by atoms with van der Waals surface area (Å²) >= 11 is 0. The molecule has 0 N–H and O–H groups in total. The van der Waals surface area contributed by atoms with Crippen molar-refractivity contribution in [3.05, 3.63) is 0 Å². The maximum atomic E-state index is 5.33. The fourth-order valence-electron chi connectivity index (χ4n) is 1.96. The topological polar surface area (TPSA) is 30.8 Å². The van der Waals surface area contributed by atoms with Gasteiger partial charge in [0.15, 0.2) is 8.80 Å². The smallest absolute Gasteiger partial charge is 0.171 e. The number of hydrogen-bond acceptors (Lipinski definition) is 3. The van der Waals surface area contributed by atoms with Gasteiger partial charge < -0.3 is 9.47 Å². The van der Waals surface area contributed by atoms with Crippen molar-refractivity contribution < 1.29 is 9.47 Å². The van der Waals surface area contributed by atoms with Crippen LogP contribution < -0.4 is 0 Å². The largest absolute Gasteiger partial charge is 0.359 e. The Morgan fingerprint density at radius 3 is 2.47 bits per heavy atom. The van der Waals surface area contributed by atoms with Crippen molar-refractivity contribution in [2.75, 3.05) is 20.8 Å². The highest BCUT2D eigenvalue weighted by molar-refractivity contribution is 6.91. The van der Waals surface area contributed by atoms with E-state index < -0.39 is 8.80 Å². The van der Waals surface area contributed by atoms with E-state index in [4.69, 9.17) is 14.5 Å². The summed E-state index contributed by atoms with van der Waals surface area (Å²) in [7, 11) is 2.66. The molecular formula is C11H22NO2Si. The number of rotatable bonds is 4. The first kappa shape index (κ1) is 12.9. The lowest BCUT2D eigenvalue weighted by atomic mass is 10.1. The molecule has 4 heteroatoms. The first-order valence-electron chi connectivity index (χ1n) is 5.72. The summed E-state index contributed by atoms with van der Waals surface area (Å²) in [6, 6.07) is 0. The summed E-state index contributed by atoms with van der Waals surface area (Å²) < 4.78 is 10.7. The Hall–Kier alpha value is -0.193. The molecule has 1 rings (SSSR count). The van der Waals surface area contributed by atoms with Crippen molar-refractivity contribution in [1.29, 1.82) is 0 Å². The molecule has 87 valence electrons. The quantitative estimate of drug-likeness (QED) is 0.545. The van der Waals surface area contributed by atoms with Crippen LogP contribution in [0.2, 0.25) is 6.55 Å². The van der Waals surface area contributed by atoms with Gasteiger partial charge in [-0.2, -0.15) is 0 Å². The lowest BCUT2D eigenvalue weighted by molar-refractivity contribution is -0.0452. The zero-order chi connectivity index (χ0) is 11.1. The molecule has 0 amide bonds. The average molecular weight is 228 g/mol. The predicted octanol–water partition coefficient (Wildman–Crippen LogP) is 2.21. The molecule has 0 aromatic carbocycles. The summed E-state index contributed by atoms with van der Waals surface area (Å²) in [6.07, 6.45) is 6.34. The molecule has 1 heterocycles. The third kappa shape index (κ3) is 4.05. The number of nitrogens with zero attached hydrogens (tertiary/aromatic N) is 1. The molecule has 15 heavy (non-hydrogen) atoms. The van der Waals surface area contributed by atoms with E-state index in [1.54, 1.807) is 14.2 Å². The summed E-state index contributed by atoms with van der Waals surface area (Å²) in [6.45, 7) is 3.24. The van der Waals surface area contributed by atoms with Gasteiger partial charge >= 0.3 is 0 Å². The lowest BCUT2D eigenvalue weighted by Crippen LogP contribution is -2.39. The Morgan fingerprint density at radius 2 is 1.80 bits per heavy atom. The van der Waals surface area contributed by atoms with Crippen LogP contribution in [0.15, 0.2) is 4.99 Å². The summed E-state index contributed by atoms with van der Waals surface area (Å²) in [5, 5.41) is 1.37. The van der Waals surface area contributed by atoms with Crippen molar-refractivity contribution in [2.45, 2.75) is 44.6 Å². The van der Waals surface area contributed by atoms with Gasteiger partial charge in [-0.05, 0) is 19.3 Å². The van der Waals surface area contributed by atoms with E-state index in [1.165, 1.54) is 31.0 Å². The maximum Gasteiger partial charge on any atom is 0.171 e. The van der Waals surface area contributed by atoms with Crippen molar-refractivity contribution in [3.8, 4) is 0 Å². The average Bonchev–Trinajstić information content (AvgIpc) is 2.18. The molecule has 0 saturated carbocycles. The molecule has 1 aliphatic rings. The van der Waals surface area contributed by atoms with E-state index in [9.17, 15) is 0 Å². The zero-order valence-corrected chi connectivity index (χ0v) is 11.1. The van der Waals surface area contributed by atoms with Crippen LogP contribution in [0, 0.1) is 0 Å². The van der Waals surface area contributed by atoms with Crippen molar-refractivity contribution in [2.24, 2.45) is 4.99 Å². The molecule has 0 spiro atoms. The van der Waals surface area contributed by atoms with E-state index in [1.807, 2.05) is 0 Å². The minimum atomic E-state index is -0.764. The lowest BCUT2D eigenvalue weighted by Gasteiger charge is -2.22. The second-order valence-corrected chi connectivity index (χ2v) is 6.39. The molecule has 1 aliphatic heterocycles. The van der Waals surface area contributed by atoms with Gasteiger partial charge in [-0.25, -0.2) is 0 Å². The van der Waals surface area contributed by atoms with Crippen LogP contribution in [0.3, 0.4) is 0 Å². The Labute approximate surface area is 94.5 Å². The molecule has 0 bridgehead atoms. The summed E-state index contributed by atoms with van der Waals surface area (Å²) in [5.41, 5.74) is 0. The van der Waals surface area contributed by atoms with Crippen LogP contribution in [0.1, 0.15) is 32.1 Å². The molecule has 0 aromatic rings. The second kappa shape index (κ2) is 7.14. The van der Waals surface area contributed by atoms with Gasteiger partial charge in [0.2, 0.25) is 0 Å². The van der Waals surface area contributed by atoms with Gasteiger partial charge in [-0.1, -0.05) is 19.4 Å². The highest BCUT2D eigenvalue weighted by atomic mass is 28.3. The fourth-order valence-corrected chi connectivity index (χ4v) is 3.87. The standard InChI is InChI=1S/C11H22NO2Si/c1-13-11(14-2)15(3)10-8-6-4-5-7-9-12-10/h11H,4-9H2,1-3H3. The van der Waals surface area contributed by atoms with Crippen LogP contribution in [0.25, 0.3) is 0 Å². The third-order valence-corrected chi connectivity index (χ3v) is 5.36. The van der Waals surface area contributed by atoms with E-state index >= 15 is 0 Å². The Kier molecular flexibility index (Phi) is 6.13. The highest BCUT2D eigenvalue weighted by Crippen LogP contribution is 2.12. The third-order valence-electron chi connectivity index (χ3n) is 2.86. The molecule has 0 fully saturated rings. The number of aliphatic imine (C=N–C) groups is 1. The van der Waals surface area contributed by atoms with Gasteiger partial charge in [0, 0.05) is 26.1 Å². The highest BCUT2D eigenvalue weighted by Gasteiger charge is 2.24. The Balaban J connectivity index is 2.57. The summed E-state index contributed by atoms with van der Waals surface area (Å²) in [4.78, 5) is 4.70. The monoisotopic (exact) mass is 228 g/mol. The normalized spacial score (nSPS) is 18.9. The molecule has 3 nitrogen and oxygen atoms in total. The van der Waals surface area contributed by atoms with E-state index in [2.05, 4.69) is 6.55 Å². The SMILES string of the molecule is COC(OC)[Si](C)C1=NCCCCCC1. The molecular weight excluding hydrogens is 206 g/mol. The van der Waals surface area contributed by atoms with Crippen LogP contribution in [0.5, 0.6) is 0 Å². The molecule has 0 unspecified atom stereocenters. The van der Waals surface area contributed by atoms with Gasteiger partial charge in [0.05, 0.1) is 0 Å². The molecule has 0 saturated heterocycles. The summed E-state index contributed by atoms with van der Waals surface area (Å²) in [5.74, 6) is -0.0480. The van der Waals surface area contributed by atoms with Crippen LogP contribution >= 0.6 is 0 Å². The number of methoxy groups -OCH3 is 2. The minimum absolute atomic E-state index is 0.0480. The van der Waals surface area contributed by atoms with E-state index in [0.717, 1.165) is 13.0 Å². The zero-order valence-electron chi connectivity index (χ0n) is 10.1. The van der Waals surface area contributed by atoms with Crippen LogP contribution in [-0.2, 0) is 9.47 Å². The molecule has 0 atom stereocenters. The van der Waals surface area contributed by atoms with Crippen molar-refractivity contribution >= 4 is 14.1 Å². The van der Waals surface area contributed by atoms with Crippen LogP contribution in [-0.4, -0.2) is 40.8 Å². The van der Waals surface area contributed by atoms with Gasteiger partial charge in [0.1, 0.15) is 5.91 Å². The first-order valence-corrected chi connectivity index (χ1v) is 7.80. The van der Waals surface area contributed by atoms with Gasteiger partial charge in [-0.15, -0.1) is 0 Å². The van der Waals surface area contributed by atoms with Gasteiger partial charge in [-0.3, -0.25) is 4.99 Å². The van der Waals surface area contributed by atoms with E-state index in [0.29, 0.717) is 0 Å². The van der Waals surface area contributed by atoms with Crippen molar-refractivity contribution in [3.63, 3.8) is 0 Å². The van der Waals surface area contributed by atoms with E-state index in [-0.39, 0.29) is 5.91 Å². The van der Waals surface area contributed by atoms with Crippen LogP contribution in [0.4, 0.5) is 0 Å². The number of hydrogen-bond donors (Lipinski definition) is 0. The van der Waals surface area contributed by atoms with Gasteiger partial charge in [0.25, 0.3) is 0 Å². The second-order valence-electron chi connectivity index (χ2n) is 3.98. The number of ether oxygens (including phenoxy) is 2. The Bertz CT molecular complexity index is 205. The fraction of sp³-hybridized carbons (Fsp3) is 0.909. The molecule has 1 radical (unpaired) electrons.